The molecule has 0 spiro atoms. The number of carbonyl (C=O) groups excluding carboxylic acids is 3. The Labute approximate surface area is 175 Å². The van der Waals surface area contributed by atoms with Crippen LogP contribution >= 0.6 is 23.4 Å². The maximum atomic E-state index is 12.6. The Morgan fingerprint density at radius 1 is 1.48 bits per heavy atom. The Morgan fingerprint density at radius 3 is 2.72 bits per heavy atom. The number of nitrogens with zero attached hydrogens (tertiary/aromatic N) is 3. The van der Waals surface area contributed by atoms with E-state index in [-0.39, 0.29) is 18.1 Å². The van der Waals surface area contributed by atoms with Gasteiger partial charge in [-0.15, -0.1) is 11.8 Å². The van der Waals surface area contributed by atoms with Crippen LogP contribution in [0.25, 0.3) is 0 Å². The standard InChI is InChI=1S/C17H19ClN4O6S/c1-7-11(18)4-21(20-7)8(2)14(24)19-12-15(25)22-13(17(26)27)10(5-28-9(3)23)6-29-16(12)22/h4,8,12,16H,5-6H2,1-3H3,(H,19,24)(H,26,27)/t8-,12+,16+/m1/s1. The van der Waals surface area contributed by atoms with Gasteiger partial charge in [-0.05, 0) is 13.8 Å². The van der Waals surface area contributed by atoms with Gasteiger partial charge in [-0.3, -0.25) is 24.0 Å². The van der Waals surface area contributed by atoms with Gasteiger partial charge in [-0.25, -0.2) is 4.79 Å². The summed E-state index contributed by atoms with van der Waals surface area (Å²) >= 11 is 7.27. The Balaban J connectivity index is 1.72. The van der Waals surface area contributed by atoms with Crippen molar-refractivity contribution in [2.75, 3.05) is 12.4 Å². The van der Waals surface area contributed by atoms with E-state index in [1.54, 1.807) is 13.8 Å². The van der Waals surface area contributed by atoms with E-state index in [4.69, 9.17) is 16.3 Å². The lowest BCUT2D eigenvalue weighted by Crippen LogP contribution is -2.71. The lowest BCUT2D eigenvalue weighted by Gasteiger charge is -2.49. The number of hydrogen-bond donors (Lipinski definition) is 2. The average Bonchev–Trinajstić information content (AvgIpc) is 3.00. The van der Waals surface area contributed by atoms with E-state index in [1.807, 2.05) is 0 Å². The summed E-state index contributed by atoms with van der Waals surface area (Å²) in [5.74, 6) is -2.54. The van der Waals surface area contributed by atoms with E-state index in [9.17, 15) is 24.3 Å². The van der Waals surface area contributed by atoms with Gasteiger partial charge in [0, 0.05) is 24.4 Å². The highest BCUT2D eigenvalue weighted by molar-refractivity contribution is 8.00. The molecule has 0 unspecified atom stereocenters. The first-order valence-electron chi connectivity index (χ1n) is 8.66. The lowest BCUT2D eigenvalue weighted by atomic mass is 10.0. The van der Waals surface area contributed by atoms with Crippen molar-refractivity contribution in [1.29, 1.82) is 0 Å². The van der Waals surface area contributed by atoms with Crippen LogP contribution in [-0.2, 0) is 23.9 Å². The normalized spacial score (nSPS) is 21.9. The third-order valence-electron chi connectivity index (χ3n) is 4.63. The van der Waals surface area contributed by atoms with Gasteiger partial charge in [0.15, 0.2) is 0 Å². The molecule has 1 aromatic heterocycles. The molecule has 2 N–H and O–H groups in total. The average molecular weight is 443 g/mol. The topological polar surface area (TPSA) is 131 Å². The molecule has 1 aromatic rings. The molecule has 3 atom stereocenters. The quantitative estimate of drug-likeness (QED) is 0.486. The van der Waals surface area contributed by atoms with Gasteiger partial charge in [0.1, 0.15) is 29.8 Å². The number of thioether (sulfide) groups is 1. The second-order valence-electron chi connectivity index (χ2n) is 6.65. The fraction of sp³-hybridized carbons (Fsp3) is 0.471. The number of aryl methyl sites for hydroxylation is 1. The smallest absolute Gasteiger partial charge is 0.352 e. The van der Waals surface area contributed by atoms with Crippen molar-refractivity contribution in [3.05, 3.63) is 28.2 Å². The maximum Gasteiger partial charge on any atom is 0.352 e. The molecule has 156 valence electrons. The van der Waals surface area contributed by atoms with Crippen molar-refractivity contribution < 1.29 is 29.0 Å². The van der Waals surface area contributed by atoms with E-state index in [2.05, 4.69) is 10.4 Å². The van der Waals surface area contributed by atoms with Crippen molar-refractivity contribution in [3.63, 3.8) is 0 Å². The van der Waals surface area contributed by atoms with Crippen LogP contribution in [0.15, 0.2) is 17.5 Å². The molecule has 2 amide bonds. The molecular formula is C17H19ClN4O6S. The third-order valence-corrected chi connectivity index (χ3v) is 6.34. The summed E-state index contributed by atoms with van der Waals surface area (Å²) in [6.07, 6.45) is 1.53. The molecule has 0 bridgehead atoms. The molecule has 12 heteroatoms. The predicted molar refractivity (Wildman–Crippen MR) is 103 cm³/mol. The summed E-state index contributed by atoms with van der Waals surface area (Å²) in [6, 6.07) is -1.56. The third kappa shape index (κ3) is 3.97. The number of carboxylic acids is 1. The number of ether oxygens (including phenoxy) is 1. The number of fused-ring (bicyclic) bond motifs is 1. The SMILES string of the molecule is CC(=O)OCC1=C(C(=O)O)N2C(=O)[C@H](NC(=O)[C@@H](C)n3cc(Cl)c(C)n3)[C@@H]2SC1. The summed E-state index contributed by atoms with van der Waals surface area (Å²) in [5, 5.41) is 16.2. The molecular weight excluding hydrogens is 424 g/mol. The van der Waals surface area contributed by atoms with E-state index >= 15 is 0 Å². The van der Waals surface area contributed by atoms with E-state index < -0.39 is 41.2 Å². The van der Waals surface area contributed by atoms with Gasteiger partial charge in [0.25, 0.3) is 5.91 Å². The minimum Gasteiger partial charge on any atom is -0.477 e. The number of rotatable bonds is 6. The highest BCUT2D eigenvalue weighted by atomic mass is 35.5. The second-order valence-corrected chi connectivity index (χ2v) is 8.16. The van der Waals surface area contributed by atoms with Crippen molar-refractivity contribution >= 4 is 47.1 Å². The monoisotopic (exact) mass is 442 g/mol. The molecule has 0 aromatic carbocycles. The summed E-state index contributed by atoms with van der Waals surface area (Å²) in [4.78, 5) is 49.0. The number of nitrogens with one attached hydrogen (secondary N) is 1. The van der Waals surface area contributed by atoms with Gasteiger partial charge >= 0.3 is 11.9 Å². The van der Waals surface area contributed by atoms with Crippen LogP contribution in [0.1, 0.15) is 25.6 Å². The van der Waals surface area contributed by atoms with Crippen molar-refractivity contribution in [2.45, 2.75) is 38.2 Å². The molecule has 0 radical (unpaired) electrons. The van der Waals surface area contributed by atoms with Crippen LogP contribution in [-0.4, -0.2) is 67.3 Å². The minimum absolute atomic E-state index is 0.200. The molecule has 2 aliphatic rings. The maximum absolute atomic E-state index is 12.6. The van der Waals surface area contributed by atoms with E-state index in [1.165, 1.54) is 29.6 Å². The van der Waals surface area contributed by atoms with Gasteiger partial charge in [0.2, 0.25) is 5.91 Å². The molecule has 1 saturated heterocycles. The Bertz CT molecular complexity index is 910. The summed E-state index contributed by atoms with van der Waals surface area (Å²) in [6.45, 7) is 4.35. The second kappa shape index (κ2) is 8.07. The highest BCUT2D eigenvalue weighted by Gasteiger charge is 2.54. The van der Waals surface area contributed by atoms with Crippen LogP contribution in [0, 0.1) is 6.92 Å². The number of esters is 1. The molecule has 1 fully saturated rings. The number of carbonyl (C=O) groups is 4. The summed E-state index contributed by atoms with van der Waals surface area (Å²) in [5.41, 5.74) is 0.715. The molecule has 10 nitrogen and oxygen atoms in total. The Hall–Kier alpha value is -2.53. The van der Waals surface area contributed by atoms with Gasteiger partial charge in [0.05, 0.1) is 10.7 Å². The number of carboxylic acid groups (broad SMARTS) is 1. The first kappa shape index (κ1) is 21.2. The van der Waals surface area contributed by atoms with Crippen LogP contribution < -0.4 is 5.32 Å². The number of aromatic nitrogens is 2. The molecule has 2 aliphatic heterocycles. The fourth-order valence-corrected chi connectivity index (χ4v) is 4.50. The van der Waals surface area contributed by atoms with E-state index in [0.717, 1.165) is 4.90 Å². The Kier molecular flexibility index (Phi) is 5.90. The first-order valence-corrected chi connectivity index (χ1v) is 10.1. The first-order chi connectivity index (χ1) is 13.6. The summed E-state index contributed by atoms with van der Waals surface area (Å²) < 4.78 is 6.29. The Morgan fingerprint density at radius 2 is 2.17 bits per heavy atom. The summed E-state index contributed by atoms with van der Waals surface area (Å²) in [7, 11) is 0. The molecule has 3 rings (SSSR count). The number of halogens is 1. The number of β-lactam (4-membered cyclic amide) rings is 1. The zero-order valence-corrected chi connectivity index (χ0v) is 17.4. The number of aliphatic carboxylic acids is 1. The zero-order chi connectivity index (χ0) is 21.5. The largest absolute Gasteiger partial charge is 0.477 e. The predicted octanol–water partition coefficient (Wildman–Crippen LogP) is 0.708. The zero-order valence-electron chi connectivity index (χ0n) is 15.8. The molecule has 29 heavy (non-hydrogen) atoms. The van der Waals surface area contributed by atoms with Crippen molar-refractivity contribution in [3.8, 4) is 0 Å². The molecule has 3 heterocycles. The number of hydrogen-bond acceptors (Lipinski definition) is 7. The van der Waals surface area contributed by atoms with Crippen molar-refractivity contribution in [2.24, 2.45) is 0 Å². The van der Waals surface area contributed by atoms with Gasteiger partial charge < -0.3 is 15.2 Å². The molecule has 0 saturated carbocycles. The van der Waals surface area contributed by atoms with E-state index in [0.29, 0.717) is 16.3 Å². The molecule has 0 aliphatic carbocycles. The lowest BCUT2D eigenvalue weighted by molar-refractivity contribution is -0.151. The van der Waals surface area contributed by atoms with Crippen molar-refractivity contribution in [1.82, 2.24) is 20.0 Å². The van der Waals surface area contributed by atoms with Crippen LogP contribution in [0.3, 0.4) is 0 Å². The van der Waals surface area contributed by atoms with Crippen LogP contribution in [0.4, 0.5) is 0 Å². The highest BCUT2D eigenvalue weighted by Crippen LogP contribution is 2.40. The van der Waals surface area contributed by atoms with Crippen LogP contribution in [0.2, 0.25) is 5.02 Å². The fourth-order valence-electron chi connectivity index (χ4n) is 3.03. The number of amides is 2. The van der Waals surface area contributed by atoms with Gasteiger partial charge in [-0.2, -0.15) is 5.10 Å². The van der Waals surface area contributed by atoms with Crippen LogP contribution in [0.5, 0.6) is 0 Å². The van der Waals surface area contributed by atoms with Gasteiger partial charge in [-0.1, -0.05) is 11.6 Å². The minimum atomic E-state index is -1.29.